The Hall–Kier alpha value is -2.31. The fraction of sp³-hybridized carbons (Fsp3) is 0.375. The summed E-state index contributed by atoms with van der Waals surface area (Å²) in [5.74, 6) is -5.21. The van der Waals surface area contributed by atoms with Gasteiger partial charge in [0.05, 0.1) is 17.2 Å². The minimum absolute atomic E-state index is 0.0398. The highest BCUT2D eigenvalue weighted by molar-refractivity contribution is 7.92. The van der Waals surface area contributed by atoms with Gasteiger partial charge in [-0.3, -0.25) is 4.72 Å². The Kier molecular flexibility index (Phi) is 5.08. The van der Waals surface area contributed by atoms with Crippen LogP contribution in [0.25, 0.3) is 0 Å². The maximum absolute atomic E-state index is 13.9. The van der Waals surface area contributed by atoms with Crippen LogP contribution in [0, 0.1) is 17.6 Å². The molecule has 3 rings (SSSR count). The number of H-pyrrole nitrogens is 1. The molecule has 0 amide bonds. The molecule has 0 aliphatic heterocycles. The molecule has 1 unspecified atom stereocenters. The van der Waals surface area contributed by atoms with Gasteiger partial charge in [-0.05, 0) is 30.9 Å². The molecular weight excluding hydrogens is 436 g/mol. The molecule has 0 radical (unpaired) electrons. The highest BCUT2D eigenvalue weighted by Crippen LogP contribution is 2.39. The average Bonchev–Trinajstić information content (AvgIpc) is 2.99. The van der Waals surface area contributed by atoms with Gasteiger partial charge in [0, 0.05) is 18.0 Å². The molecular formula is C16H12F8N2O2S. The predicted molar refractivity (Wildman–Crippen MR) is 84.5 cm³/mol. The summed E-state index contributed by atoms with van der Waals surface area (Å²) in [7, 11) is -4.60. The summed E-state index contributed by atoms with van der Waals surface area (Å²) in [5.41, 5.74) is -2.87. The fourth-order valence-corrected chi connectivity index (χ4v) is 4.48. The van der Waals surface area contributed by atoms with E-state index in [9.17, 15) is 43.5 Å². The van der Waals surface area contributed by atoms with Gasteiger partial charge in [0.2, 0.25) is 0 Å². The van der Waals surface area contributed by atoms with E-state index in [1.807, 2.05) is 0 Å². The highest BCUT2D eigenvalue weighted by Gasteiger charge is 2.43. The van der Waals surface area contributed by atoms with Gasteiger partial charge in [0.1, 0.15) is 16.5 Å². The van der Waals surface area contributed by atoms with E-state index in [0.717, 1.165) is 6.20 Å². The van der Waals surface area contributed by atoms with Gasteiger partial charge in [-0.25, -0.2) is 17.2 Å². The van der Waals surface area contributed by atoms with Crippen molar-refractivity contribution in [2.45, 2.75) is 36.5 Å². The number of anilines is 1. The highest BCUT2D eigenvalue weighted by atomic mass is 32.2. The number of hydrogen-bond donors (Lipinski definition) is 2. The van der Waals surface area contributed by atoms with Crippen LogP contribution in [0.3, 0.4) is 0 Å². The van der Waals surface area contributed by atoms with E-state index in [1.54, 1.807) is 4.72 Å². The molecule has 4 nitrogen and oxygen atoms in total. The molecule has 1 heterocycles. The van der Waals surface area contributed by atoms with Gasteiger partial charge in [-0.2, -0.15) is 26.3 Å². The van der Waals surface area contributed by atoms with Crippen molar-refractivity contribution in [2.24, 2.45) is 5.92 Å². The van der Waals surface area contributed by atoms with E-state index in [-0.39, 0.29) is 36.2 Å². The van der Waals surface area contributed by atoms with E-state index in [1.165, 1.54) is 0 Å². The minimum atomic E-state index is -5.18. The number of fused-ring (bicyclic) bond motifs is 1. The number of alkyl halides is 6. The maximum atomic E-state index is 13.9. The minimum Gasteiger partial charge on any atom is -0.363 e. The summed E-state index contributed by atoms with van der Waals surface area (Å²) in [6, 6.07) is -0.137. The molecule has 2 aromatic rings. The van der Waals surface area contributed by atoms with Crippen molar-refractivity contribution in [3.63, 3.8) is 0 Å². The molecule has 13 heteroatoms. The quantitative estimate of drug-likeness (QED) is 0.664. The summed E-state index contributed by atoms with van der Waals surface area (Å²) < 4.78 is 131. The van der Waals surface area contributed by atoms with Gasteiger partial charge in [0.25, 0.3) is 10.0 Å². The smallest absolute Gasteiger partial charge is 0.363 e. The van der Waals surface area contributed by atoms with Crippen molar-refractivity contribution in [1.82, 2.24) is 4.98 Å². The van der Waals surface area contributed by atoms with Gasteiger partial charge in [-0.15, -0.1) is 0 Å². The van der Waals surface area contributed by atoms with Crippen LogP contribution in [0.5, 0.6) is 0 Å². The third kappa shape index (κ3) is 4.19. The van der Waals surface area contributed by atoms with Crippen LogP contribution < -0.4 is 4.72 Å². The van der Waals surface area contributed by atoms with Gasteiger partial charge < -0.3 is 4.98 Å². The number of aromatic nitrogens is 1. The normalized spacial score (nSPS) is 17.9. The Bertz CT molecular complexity index is 1040. The largest absolute Gasteiger partial charge is 0.419 e. The first-order valence-corrected chi connectivity index (χ1v) is 9.53. The second-order valence-corrected chi connectivity index (χ2v) is 8.16. The lowest BCUT2D eigenvalue weighted by atomic mass is 9.87. The zero-order chi connectivity index (χ0) is 21.8. The monoisotopic (exact) mass is 448 g/mol. The first-order chi connectivity index (χ1) is 13.2. The first kappa shape index (κ1) is 21.4. The molecule has 1 aromatic heterocycles. The van der Waals surface area contributed by atoms with E-state index in [0.29, 0.717) is 0 Å². The molecule has 29 heavy (non-hydrogen) atoms. The molecule has 0 fully saturated rings. The molecule has 1 aliphatic carbocycles. The Labute approximate surface area is 159 Å². The summed E-state index contributed by atoms with van der Waals surface area (Å²) in [4.78, 5) is 1.96. The van der Waals surface area contributed by atoms with E-state index in [2.05, 4.69) is 4.98 Å². The van der Waals surface area contributed by atoms with Crippen LogP contribution in [-0.2, 0) is 29.0 Å². The topological polar surface area (TPSA) is 62.0 Å². The SMILES string of the molecule is O=S(=O)(Nc1cc(F)c(C(F)(F)F)cc1F)c1c[nH]c2c1CCC(C(F)(F)F)C2. The molecule has 0 saturated heterocycles. The molecule has 1 atom stereocenters. The van der Waals surface area contributed by atoms with Crippen LogP contribution in [-0.4, -0.2) is 19.6 Å². The molecule has 0 spiro atoms. The molecule has 2 N–H and O–H groups in total. The van der Waals surface area contributed by atoms with Crippen molar-refractivity contribution in [1.29, 1.82) is 0 Å². The Morgan fingerprint density at radius 2 is 1.69 bits per heavy atom. The van der Waals surface area contributed by atoms with E-state index < -0.39 is 62.5 Å². The number of sulfonamides is 1. The molecule has 0 saturated carbocycles. The van der Waals surface area contributed by atoms with Crippen molar-refractivity contribution < 1.29 is 43.5 Å². The summed E-state index contributed by atoms with van der Waals surface area (Å²) in [6.07, 6.45) is -9.80. The lowest BCUT2D eigenvalue weighted by Gasteiger charge is -2.25. The number of nitrogens with one attached hydrogen (secondary N) is 2. The van der Waals surface area contributed by atoms with Gasteiger partial charge in [-0.1, -0.05) is 0 Å². The van der Waals surface area contributed by atoms with Crippen LogP contribution in [0.4, 0.5) is 40.8 Å². The second-order valence-electron chi connectivity index (χ2n) is 6.51. The van der Waals surface area contributed by atoms with Crippen molar-refractivity contribution in [2.75, 3.05) is 4.72 Å². The van der Waals surface area contributed by atoms with Gasteiger partial charge >= 0.3 is 12.4 Å². The Morgan fingerprint density at radius 1 is 1.03 bits per heavy atom. The van der Waals surface area contributed by atoms with Gasteiger partial charge in [0.15, 0.2) is 0 Å². The lowest BCUT2D eigenvalue weighted by molar-refractivity contribution is -0.177. The standard InChI is InChI=1S/C16H12F8N2O2S/c17-10-5-13(11(18)4-9(10)16(22,23)24)26-29(27,28)14-6-25-12-3-7(15(19,20)21)1-2-8(12)14/h4-7,25-26H,1-3H2. The second kappa shape index (κ2) is 6.89. The van der Waals surface area contributed by atoms with Crippen LogP contribution in [0.15, 0.2) is 23.2 Å². The number of hydrogen-bond acceptors (Lipinski definition) is 2. The van der Waals surface area contributed by atoms with Crippen LogP contribution >= 0.6 is 0 Å². The van der Waals surface area contributed by atoms with E-state index in [4.69, 9.17) is 0 Å². The van der Waals surface area contributed by atoms with Crippen molar-refractivity contribution in [3.8, 4) is 0 Å². The molecule has 160 valence electrons. The van der Waals surface area contributed by atoms with E-state index >= 15 is 0 Å². The third-order valence-corrected chi connectivity index (χ3v) is 6.02. The lowest BCUT2D eigenvalue weighted by Crippen LogP contribution is -2.29. The summed E-state index contributed by atoms with van der Waals surface area (Å²) in [5, 5.41) is 0. The van der Waals surface area contributed by atoms with Crippen molar-refractivity contribution in [3.05, 3.63) is 46.8 Å². The molecule has 0 bridgehead atoms. The Morgan fingerprint density at radius 3 is 2.28 bits per heavy atom. The summed E-state index contributed by atoms with van der Waals surface area (Å²) in [6.45, 7) is 0. The number of rotatable bonds is 3. The van der Waals surface area contributed by atoms with Crippen LogP contribution in [0.1, 0.15) is 23.2 Å². The number of halogens is 8. The number of aromatic amines is 1. The first-order valence-electron chi connectivity index (χ1n) is 8.05. The zero-order valence-electron chi connectivity index (χ0n) is 14.2. The molecule has 1 aromatic carbocycles. The predicted octanol–water partition coefficient (Wildman–Crippen LogP) is 4.78. The van der Waals surface area contributed by atoms with Crippen molar-refractivity contribution >= 4 is 15.7 Å². The zero-order valence-corrected chi connectivity index (χ0v) is 15.0. The summed E-state index contributed by atoms with van der Waals surface area (Å²) >= 11 is 0. The fourth-order valence-electron chi connectivity index (χ4n) is 3.16. The van der Waals surface area contributed by atoms with Crippen LogP contribution in [0.2, 0.25) is 0 Å². The maximum Gasteiger partial charge on any atom is 0.419 e. The Balaban J connectivity index is 1.91. The molecule has 1 aliphatic rings. The average molecular weight is 448 g/mol. The third-order valence-electron chi connectivity index (χ3n) is 4.59. The number of benzene rings is 1.